The van der Waals surface area contributed by atoms with Crippen LogP contribution < -0.4 is 10.4 Å². The second-order valence-corrected chi connectivity index (χ2v) is 32.2. The zero-order chi connectivity index (χ0) is 44.4. The summed E-state index contributed by atoms with van der Waals surface area (Å²) >= 11 is 0. The number of aliphatic hydroxyl groups is 1. The van der Waals surface area contributed by atoms with Crippen LogP contribution in [0.1, 0.15) is 109 Å². The number of hydrogen-bond donors (Lipinski definition) is 1. The van der Waals surface area contributed by atoms with Crippen LogP contribution >= 0.6 is 0 Å². The summed E-state index contributed by atoms with van der Waals surface area (Å²) in [5.74, 6) is -2.38. The van der Waals surface area contributed by atoms with Gasteiger partial charge in [-0.1, -0.05) is 109 Å². The Morgan fingerprint density at radius 2 is 1.46 bits per heavy atom. The fourth-order valence-corrected chi connectivity index (χ4v) is 18.5. The number of hydrogen-bond acceptors (Lipinski definition) is 9. The summed E-state index contributed by atoms with van der Waals surface area (Å²) in [6.45, 7) is 30.7. The van der Waals surface area contributed by atoms with Crippen molar-refractivity contribution in [3.05, 3.63) is 72.5 Å². The zero-order valence-electron chi connectivity index (χ0n) is 39.4. The lowest BCUT2D eigenvalue weighted by Gasteiger charge is -2.68. The van der Waals surface area contributed by atoms with Gasteiger partial charge in [-0.25, -0.2) is 0 Å². The molecule has 3 saturated carbocycles. The third-order valence-corrected chi connectivity index (χ3v) is 26.0. The van der Waals surface area contributed by atoms with Crippen LogP contribution in [0.4, 0.5) is 0 Å². The molecular weight excluding hydrogens is 801 g/mol. The van der Waals surface area contributed by atoms with E-state index in [2.05, 4.69) is 128 Å². The van der Waals surface area contributed by atoms with Gasteiger partial charge in [0.25, 0.3) is 8.32 Å². The van der Waals surface area contributed by atoms with Gasteiger partial charge in [0, 0.05) is 42.6 Å². The Morgan fingerprint density at radius 1 is 0.852 bits per heavy atom. The molecule has 0 amide bonds. The Balaban J connectivity index is 1.29. The van der Waals surface area contributed by atoms with Crippen LogP contribution in [-0.2, 0) is 37.3 Å². The summed E-state index contributed by atoms with van der Waals surface area (Å²) in [4.78, 5) is 13.5. The molecule has 1 spiro atoms. The summed E-state index contributed by atoms with van der Waals surface area (Å²) in [6.07, 6.45) is 3.26. The van der Waals surface area contributed by atoms with E-state index in [9.17, 15) is 9.90 Å². The second kappa shape index (κ2) is 14.8. The fourth-order valence-electron chi connectivity index (χ4n) is 12.8. The predicted octanol–water partition coefficient (Wildman–Crippen LogP) is 8.88. The maximum Gasteiger partial charge on any atom is 0.302 e. The number of benzene rings is 2. The van der Waals surface area contributed by atoms with E-state index in [0.29, 0.717) is 32.5 Å². The molecule has 0 unspecified atom stereocenters. The summed E-state index contributed by atoms with van der Waals surface area (Å²) < 4.78 is 49.2. The van der Waals surface area contributed by atoms with Crippen LogP contribution in [0.5, 0.6) is 0 Å². The van der Waals surface area contributed by atoms with E-state index in [4.69, 9.17) is 32.5 Å². The van der Waals surface area contributed by atoms with Crippen LogP contribution in [0.25, 0.3) is 0 Å². The number of ether oxygens (including phenoxy) is 5. The summed E-state index contributed by atoms with van der Waals surface area (Å²) in [5, 5.41) is 16.2. The van der Waals surface area contributed by atoms with Crippen molar-refractivity contribution in [3.63, 3.8) is 0 Å². The maximum absolute atomic E-state index is 14.1. The predicted molar refractivity (Wildman–Crippen MR) is 242 cm³/mol. The van der Waals surface area contributed by atoms with Gasteiger partial charge in [0.05, 0.1) is 42.2 Å². The summed E-state index contributed by atoms with van der Waals surface area (Å²) in [5.41, 5.74) is -2.66. The first-order valence-corrected chi connectivity index (χ1v) is 27.8. The van der Waals surface area contributed by atoms with E-state index in [1.54, 1.807) is 0 Å². The Morgan fingerprint density at radius 3 is 2.02 bits per heavy atom. The minimum atomic E-state index is -2.92. The van der Waals surface area contributed by atoms with E-state index >= 15 is 0 Å². The molecule has 1 N–H and O–H groups in total. The lowest BCUT2D eigenvalue weighted by atomic mass is 9.42. The Labute approximate surface area is 367 Å². The number of fused-ring (bicyclic) bond motifs is 5. The largest absolute Gasteiger partial charge is 0.546 e. The molecule has 4 aliphatic carbocycles. The molecule has 61 heavy (non-hydrogen) atoms. The maximum atomic E-state index is 14.1. The van der Waals surface area contributed by atoms with Crippen LogP contribution in [0.3, 0.4) is 0 Å². The minimum absolute atomic E-state index is 0.0424. The number of esters is 1. The van der Waals surface area contributed by atoms with E-state index in [1.165, 1.54) is 17.3 Å². The van der Waals surface area contributed by atoms with Crippen LogP contribution in [0.15, 0.2) is 72.5 Å². The lowest BCUT2D eigenvalue weighted by Crippen LogP contribution is -2.75. The highest BCUT2D eigenvalue weighted by Gasteiger charge is 2.77. The standard InChI is InChI=1S/C50H74O9Si2/c1-32(51)55-39-29-48(12)33(30-54-61(45(5,6)7,34-21-17-15-18-22-34)35-23-19-16-20-24-35)25-26-50(48,52)42-37(59-60(13,14)44(2,3)4)27-36-43-38(56-47(10,11)58-43)28-40-49(36,41(39)42)31-53-46(8,9)57-40/h15-24,27,33,36,38-43,52H,25-26,28-31H2,1-14H3/t33-,36-,38+,39-,40+,41+,42-,43-,48-,49-,50+/m1/s1. The smallest absolute Gasteiger partial charge is 0.302 e. The van der Waals surface area contributed by atoms with Gasteiger partial charge in [0.1, 0.15) is 6.10 Å². The van der Waals surface area contributed by atoms with Gasteiger partial charge in [-0.05, 0) is 92.5 Å². The Hall–Kier alpha value is -2.36. The van der Waals surface area contributed by atoms with Gasteiger partial charge in [0.15, 0.2) is 11.6 Å². The van der Waals surface area contributed by atoms with Crippen molar-refractivity contribution >= 4 is 33.0 Å². The zero-order valence-corrected chi connectivity index (χ0v) is 41.4. The van der Waals surface area contributed by atoms with Crippen molar-refractivity contribution in [3.8, 4) is 0 Å². The molecule has 11 heteroatoms. The molecule has 11 atom stereocenters. The molecule has 2 aromatic rings. The first kappa shape index (κ1) is 45.2. The van der Waals surface area contributed by atoms with Gasteiger partial charge in [-0.15, -0.1) is 0 Å². The van der Waals surface area contributed by atoms with E-state index < -0.39 is 62.6 Å². The first-order valence-electron chi connectivity index (χ1n) is 22.9. The molecule has 0 bridgehead atoms. The average Bonchev–Trinajstić information content (AvgIpc) is 3.60. The third kappa shape index (κ3) is 7.09. The van der Waals surface area contributed by atoms with Crippen molar-refractivity contribution in [1.29, 1.82) is 0 Å². The van der Waals surface area contributed by atoms with Crippen molar-refractivity contribution in [2.24, 2.45) is 34.5 Å². The lowest BCUT2D eigenvalue weighted by molar-refractivity contribution is -0.370. The Bertz CT molecular complexity index is 1950. The molecule has 0 aromatic heterocycles. The highest BCUT2D eigenvalue weighted by atomic mass is 28.4. The third-order valence-electron chi connectivity index (χ3n) is 16.7. The molecule has 2 saturated heterocycles. The molecule has 6 aliphatic rings. The molecular formula is C50H74O9Si2. The second-order valence-electron chi connectivity index (χ2n) is 23.1. The van der Waals surface area contributed by atoms with Gasteiger partial charge >= 0.3 is 5.97 Å². The monoisotopic (exact) mass is 874 g/mol. The van der Waals surface area contributed by atoms with Crippen LogP contribution in [-0.4, -0.2) is 82.5 Å². The summed E-state index contributed by atoms with van der Waals surface area (Å²) in [7, 11) is -5.42. The van der Waals surface area contributed by atoms with Gasteiger partial charge < -0.3 is 37.6 Å². The average molecular weight is 875 g/mol. The highest BCUT2D eigenvalue weighted by Crippen LogP contribution is 2.72. The SMILES string of the molecule is CC(=O)O[C@@H]1C[C@]2(C)[C@@H](CO[Si](c3ccccc3)(c3ccccc3)C(C)(C)C)CC[C@]2(O)[C@@H]2C(O[Si](C)(C)C(C)(C)C)=C[C@@H]3[C@H]4OC(C)(C)O[C@H]4C[C@@H]4OC(C)(C)OC[C@]43[C@H]21. The molecule has 2 aliphatic heterocycles. The molecule has 0 radical (unpaired) electrons. The molecule has 2 aromatic carbocycles. The number of carbonyl (C=O) groups excluding carboxylic acids is 1. The normalized spacial score (nSPS) is 37.9. The Kier molecular flexibility index (Phi) is 11.0. The number of carbonyl (C=O) groups is 1. The molecule has 8 rings (SSSR count). The van der Waals surface area contributed by atoms with Crippen molar-refractivity contribution in [2.75, 3.05) is 13.2 Å². The van der Waals surface area contributed by atoms with E-state index in [-0.39, 0.29) is 46.2 Å². The van der Waals surface area contributed by atoms with Crippen molar-refractivity contribution < 1.29 is 42.4 Å². The van der Waals surface area contributed by atoms with E-state index in [0.717, 1.165) is 12.2 Å². The molecule has 2 heterocycles. The topological polar surface area (TPSA) is 102 Å². The van der Waals surface area contributed by atoms with Gasteiger partial charge in [-0.2, -0.15) is 0 Å². The highest BCUT2D eigenvalue weighted by molar-refractivity contribution is 6.99. The van der Waals surface area contributed by atoms with Crippen LogP contribution in [0, 0.1) is 34.5 Å². The summed E-state index contributed by atoms with van der Waals surface area (Å²) in [6, 6.07) is 21.5. The first-order chi connectivity index (χ1) is 28.2. The molecule has 336 valence electrons. The van der Waals surface area contributed by atoms with Gasteiger partial charge in [0.2, 0.25) is 8.32 Å². The molecule has 9 nitrogen and oxygen atoms in total. The van der Waals surface area contributed by atoms with Crippen molar-refractivity contribution in [2.45, 2.75) is 174 Å². The van der Waals surface area contributed by atoms with E-state index in [1.807, 2.05) is 27.7 Å². The van der Waals surface area contributed by atoms with Gasteiger partial charge in [-0.3, -0.25) is 4.79 Å². The molecule has 5 fully saturated rings. The number of rotatable bonds is 8. The van der Waals surface area contributed by atoms with Crippen molar-refractivity contribution in [1.82, 2.24) is 0 Å². The fraction of sp³-hybridized carbons (Fsp3) is 0.700. The minimum Gasteiger partial charge on any atom is -0.546 e. The van der Waals surface area contributed by atoms with Crippen LogP contribution in [0.2, 0.25) is 23.2 Å². The quantitative estimate of drug-likeness (QED) is 0.206.